The Morgan fingerprint density at radius 2 is 1.30 bits per heavy atom. The molecule has 0 unspecified atom stereocenters. The smallest absolute Gasteiger partial charge is 0.168 e. The molecule has 0 spiro atoms. The zero-order chi connectivity index (χ0) is 13.8. The van der Waals surface area contributed by atoms with Crippen LogP contribution in [0.3, 0.4) is 0 Å². The maximum Gasteiger partial charge on any atom is 0.168 e. The van der Waals surface area contributed by atoms with Gasteiger partial charge in [0.25, 0.3) is 0 Å². The zero-order valence-electron chi connectivity index (χ0n) is 10.9. The van der Waals surface area contributed by atoms with Crippen LogP contribution in [0.2, 0.25) is 0 Å². The molecule has 20 heavy (non-hydrogen) atoms. The zero-order valence-corrected chi connectivity index (χ0v) is 10.9. The number of nitrogens with zero attached hydrogens (tertiary/aromatic N) is 1. The minimum atomic E-state index is 0.448. The van der Waals surface area contributed by atoms with E-state index in [9.17, 15) is 4.79 Å². The summed E-state index contributed by atoms with van der Waals surface area (Å²) in [5.74, 6) is 0. The van der Waals surface area contributed by atoms with E-state index in [0.29, 0.717) is 5.69 Å². The molecule has 1 heterocycles. The quantitative estimate of drug-likeness (QED) is 0.659. The van der Waals surface area contributed by atoms with Gasteiger partial charge in [0, 0.05) is 11.1 Å². The van der Waals surface area contributed by atoms with Crippen LogP contribution in [0.1, 0.15) is 10.5 Å². The highest BCUT2D eigenvalue weighted by Crippen LogP contribution is 2.30. The summed E-state index contributed by atoms with van der Waals surface area (Å²) >= 11 is 0. The summed E-state index contributed by atoms with van der Waals surface area (Å²) in [5.41, 5.74) is 4.42. The third-order valence-electron chi connectivity index (χ3n) is 3.17. The summed E-state index contributed by atoms with van der Waals surface area (Å²) in [4.78, 5) is 15.4. The number of carbonyl (C=O) groups is 1. The number of pyridine rings is 1. The third-order valence-corrected chi connectivity index (χ3v) is 3.17. The first-order valence-electron chi connectivity index (χ1n) is 6.45. The molecule has 2 heteroatoms. The van der Waals surface area contributed by atoms with Crippen LogP contribution in [0, 0.1) is 0 Å². The molecule has 0 bridgehead atoms. The molecule has 0 aliphatic carbocycles. The molecule has 0 saturated heterocycles. The van der Waals surface area contributed by atoms with Gasteiger partial charge < -0.3 is 0 Å². The second kappa shape index (κ2) is 5.49. The summed E-state index contributed by atoms with van der Waals surface area (Å²) in [6.45, 7) is 0. The average Bonchev–Trinajstić information content (AvgIpc) is 2.56. The highest BCUT2D eigenvalue weighted by molar-refractivity contribution is 5.83. The van der Waals surface area contributed by atoms with E-state index in [1.54, 1.807) is 6.07 Å². The van der Waals surface area contributed by atoms with Gasteiger partial charge in [0.15, 0.2) is 6.29 Å². The molecular formula is C18H13NO. The molecule has 0 atom stereocenters. The molecule has 0 radical (unpaired) electrons. The summed E-state index contributed by atoms with van der Waals surface area (Å²) in [5, 5.41) is 0. The second-order valence-electron chi connectivity index (χ2n) is 4.48. The molecule has 0 N–H and O–H groups in total. The van der Waals surface area contributed by atoms with Crippen molar-refractivity contribution in [2.75, 3.05) is 0 Å². The summed E-state index contributed by atoms with van der Waals surface area (Å²) in [6, 6.07) is 23.7. The van der Waals surface area contributed by atoms with Crippen LogP contribution in [0.25, 0.3) is 22.4 Å². The minimum absolute atomic E-state index is 0.448. The van der Waals surface area contributed by atoms with Gasteiger partial charge in [-0.15, -0.1) is 0 Å². The van der Waals surface area contributed by atoms with E-state index in [0.717, 1.165) is 28.7 Å². The highest BCUT2D eigenvalue weighted by Gasteiger charge is 2.09. The van der Waals surface area contributed by atoms with Gasteiger partial charge in [0.1, 0.15) is 5.69 Å². The summed E-state index contributed by atoms with van der Waals surface area (Å²) in [6.07, 6.45) is 0.779. The predicted molar refractivity (Wildman–Crippen MR) is 80.5 cm³/mol. The van der Waals surface area contributed by atoms with Gasteiger partial charge in [-0.05, 0) is 17.7 Å². The molecule has 0 fully saturated rings. The van der Waals surface area contributed by atoms with Crippen LogP contribution in [0.5, 0.6) is 0 Å². The number of rotatable bonds is 3. The van der Waals surface area contributed by atoms with Crippen molar-refractivity contribution in [1.29, 1.82) is 0 Å². The molecule has 2 nitrogen and oxygen atoms in total. The largest absolute Gasteiger partial charge is 0.296 e. The lowest BCUT2D eigenvalue weighted by Crippen LogP contribution is -1.94. The molecule has 3 aromatic rings. The van der Waals surface area contributed by atoms with Crippen LogP contribution in [-0.2, 0) is 0 Å². The maximum atomic E-state index is 11.0. The Morgan fingerprint density at radius 3 is 1.90 bits per heavy atom. The lowest BCUT2D eigenvalue weighted by molar-refractivity contribution is 0.111. The van der Waals surface area contributed by atoms with Crippen LogP contribution in [0.15, 0.2) is 72.8 Å². The van der Waals surface area contributed by atoms with Gasteiger partial charge in [-0.3, -0.25) is 4.79 Å². The predicted octanol–water partition coefficient (Wildman–Crippen LogP) is 4.23. The second-order valence-corrected chi connectivity index (χ2v) is 4.48. The number of benzene rings is 2. The van der Waals surface area contributed by atoms with E-state index in [1.807, 2.05) is 66.7 Å². The van der Waals surface area contributed by atoms with Crippen molar-refractivity contribution in [2.45, 2.75) is 0 Å². The molecule has 0 aliphatic heterocycles. The van der Waals surface area contributed by atoms with Gasteiger partial charge in [-0.25, -0.2) is 4.98 Å². The highest BCUT2D eigenvalue weighted by atomic mass is 16.1. The summed E-state index contributed by atoms with van der Waals surface area (Å²) < 4.78 is 0. The topological polar surface area (TPSA) is 30.0 Å². The lowest BCUT2D eigenvalue weighted by Gasteiger charge is -2.09. The van der Waals surface area contributed by atoms with E-state index in [2.05, 4.69) is 4.98 Å². The van der Waals surface area contributed by atoms with Crippen molar-refractivity contribution in [1.82, 2.24) is 4.98 Å². The Balaban J connectivity index is 2.23. The number of carbonyl (C=O) groups excluding carboxylic acids is 1. The first-order valence-corrected chi connectivity index (χ1v) is 6.45. The molecule has 2 aromatic carbocycles. The van der Waals surface area contributed by atoms with Crippen molar-refractivity contribution in [3.63, 3.8) is 0 Å². The standard InChI is InChI=1S/C18H13NO/c20-13-16-11-12-17(14-7-3-1-4-8-14)18(19-16)15-9-5-2-6-10-15/h1-13H. The van der Waals surface area contributed by atoms with E-state index in [-0.39, 0.29) is 0 Å². The number of hydrogen-bond acceptors (Lipinski definition) is 2. The van der Waals surface area contributed by atoms with Crippen molar-refractivity contribution < 1.29 is 4.79 Å². The number of aldehydes is 1. The molecule has 0 aliphatic rings. The fraction of sp³-hybridized carbons (Fsp3) is 0. The van der Waals surface area contributed by atoms with Crippen LogP contribution < -0.4 is 0 Å². The Labute approximate surface area is 117 Å². The van der Waals surface area contributed by atoms with Gasteiger partial charge in [-0.2, -0.15) is 0 Å². The average molecular weight is 259 g/mol. The van der Waals surface area contributed by atoms with E-state index in [1.165, 1.54) is 0 Å². The molecular weight excluding hydrogens is 246 g/mol. The normalized spacial score (nSPS) is 10.2. The minimum Gasteiger partial charge on any atom is -0.296 e. The molecule has 0 saturated carbocycles. The van der Waals surface area contributed by atoms with Crippen LogP contribution in [0.4, 0.5) is 0 Å². The van der Waals surface area contributed by atoms with Gasteiger partial charge in [-0.1, -0.05) is 60.7 Å². The molecule has 0 amide bonds. The van der Waals surface area contributed by atoms with Crippen molar-refractivity contribution in [2.24, 2.45) is 0 Å². The van der Waals surface area contributed by atoms with E-state index in [4.69, 9.17) is 0 Å². The first-order chi connectivity index (χ1) is 9.88. The van der Waals surface area contributed by atoms with Crippen LogP contribution in [-0.4, -0.2) is 11.3 Å². The monoisotopic (exact) mass is 259 g/mol. The van der Waals surface area contributed by atoms with Crippen LogP contribution >= 0.6 is 0 Å². The number of hydrogen-bond donors (Lipinski definition) is 0. The van der Waals surface area contributed by atoms with Gasteiger partial charge >= 0.3 is 0 Å². The Kier molecular flexibility index (Phi) is 3.38. The van der Waals surface area contributed by atoms with Crippen molar-refractivity contribution in [3.8, 4) is 22.4 Å². The van der Waals surface area contributed by atoms with Crippen molar-refractivity contribution in [3.05, 3.63) is 78.5 Å². The first kappa shape index (κ1) is 12.3. The Hall–Kier alpha value is -2.74. The number of aromatic nitrogens is 1. The fourth-order valence-corrected chi connectivity index (χ4v) is 2.21. The van der Waals surface area contributed by atoms with E-state index < -0.39 is 0 Å². The molecule has 96 valence electrons. The molecule has 1 aromatic heterocycles. The van der Waals surface area contributed by atoms with E-state index >= 15 is 0 Å². The summed E-state index contributed by atoms with van der Waals surface area (Å²) in [7, 11) is 0. The Morgan fingerprint density at radius 1 is 0.700 bits per heavy atom. The lowest BCUT2D eigenvalue weighted by atomic mass is 9.99. The van der Waals surface area contributed by atoms with Crippen molar-refractivity contribution >= 4 is 6.29 Å². The third kappa shape index (κ3) is 2.36. The van der Waals surface area contributed by atoms with Gasteiger partial charge in [0.05, 0.1) is 5.69 Å². The Bertz CT molecular complexity index is 721. The van der Waals surface area contributed by atoms with Gasteiger partial charge in [0.2, 0.25) is 0 Å². The fourth-order valence-electron chi connectivity index (χ4n) is 2.21. The maximum absolute atomic E-state index is 11.0. The SMILES string of the molecule is O=Cc1ccc(-c2ccccc2)c(-c2ccccc2)n1. The molecule has 3 rings (SSSR count).